The molecule has 0 radical (unpaired) electrons. The predicted octanol–water partition coefficient (Wildman–Crippen LogP) is 2.06. The van der Waals surface area contributed by atoms with Crippen molar-refractivity contribution in [2.24, 2.45) is 5.73 Å². The van der Waals surface area contributed by atoms with Crippen LogP contribution in [0.3, 0.4) is 0 Å². The van der Waals surface area contributed by atoms with E-state index in [0.717, 1.165) is 24.6 Å². The van der Waals surface area contributed by atoms with Crippen LogP contribution >= 0.6 is 0 Å². The molecule has 3 heteroatoms. The first-order chi connectivity index (χ1) is 6.74. The van der Waals surface area contributed by atoms with Gasteiger partial charge in [-0.1, -0.05) is 11.8 Å². The summed E-state index contributed by atoms with van der Waals surface area (Å²) in [5, 5.41) is 0. The molecule has 0 aliphatic heterocycles. The lowest BCUT2D eigenvalue weighted by Crippen LogP contribution is -1.96. The Morgan fingerprint density at radius 1 is 1.29 bits per heavy atom. The van der Waals surface area contributed by atoms with Crippen LogP contribution in [0.1, 0.15) is 18.4 Å². The van der Waals surface area contributed by atoms with E-state index in [1.807, 2.05) is 0 Å². The highest BCUT2D eigenvalue weighted by molar-refractivity contribution is 5.35. The summed E-state index contributed by atoms with van der Waals surface area (Å²) in [4.78, 5) is 0. The molecule has 0 saturated heterocycles. The first-order valence-corrected chi connectivity index (χ1v) is 4.38. The van der Waals surface area contributed by atoms with E-state index in [0.29, 0.717) is 13.0 Å². The van der Waals surface area contributed by atoms with Crippen molar-refractivity contribution < 1.29 is 8.78 Å². The predicted molar refractivity (Wildman–Crippen MR) is 51.5 cm³/mol. The Morgan fingerprint density at radius 2 is 2.07 bits per heavy atom. The number of benzene rings is 1. The van der Waals surface area contributed by atoms with E-state index in [9.17, 15) is 8.78 Å². The van der Waals surface area contributed by atoms with E-state index < -0.39 is 11.6 Å². The van der Waals surface area contributed by atoms with Gasteiger partial charge in [0.25, 0.3) is 0 Å². The van der Waals surface area contributed by atoms with Crippen molar-refractivity contribution in [3.63, 3.8) is 0 Å². The molecule has 0 aliphatic carbocycles. The Bertz CT molecular complexity index is 363. The minimum Gasteiger partial charge on any atom is -0.330 e. The number of halogens is 2. The summed E-state index contributed by atoms with van der Waals surface area (Å²) in [5.74, 6) is 4.33. The zero-order valence-electron chi connectivity index (χ0n) is 7.69. The second-order valence-corrected chi connectivity index (χ2v) is 2.82. The molecule has 1 nitrogen and oxygen atoms in total. The van der Waals surface area contributed by atoms with Gasteiger partial charge in [0.15, 0.2) is 0 Å². The highest BCUT2D eigenvalue weighted by Crippen LogP contribution is 2.07. The summed E-state index contributed by atoms with van der Waals surface area (Å²) in [6.07, 6.45) is 1.37. The minimum absolute atomic E-state index is 0.0991. The van der Waals surface area contributed by atoms with Crippen molar-refractivity contribution >= 4 is 0 Å². The maximum atomic E-state index is 13.0. The number of hydrogen-bond acceptors (Lipinski definition) is 1. The van der Waals surface area contributed by atoms with Gasteiger partial charge in [0.2, 0.25) is 0 Å². The molecule has 1 rings (SSSR count). The standard InChI is InChI=1S/C11H11F2N/c12-10-5-6-11(13)9(8-10)4-2-1-3-7-14/h5-6,8H,1,3,7,14H2. The number of hydrogen-bond donors (Lipinski definition) is 1. The molecule has 0 heterocycles. The zero-order chi connectivity index (χ0) is 10.4. The van der Waals surface area contributed by atoms with E-state index in [1.54, 1.807) is 0 Å². The van der Waals surface area contributed by atoms with Crippen molar-refractivity contribution in [3.8, 4) is 11.8 Å². The molecule has 14 heavy (non-hydrogen) atoms. The van der Waals surface area contributed by atoms with Gasteiger partial charge in [-0.05, 0) is 31.2 Å². The van der Waals surface area contributed by atoms with Crippen LogP contribution in [0.15, 0.2) is 18.2 Å². The Labute approximate surface area is 81.9 Å². The SMILES string of the molecule is NCCCC#Cc1cc(F)ccc1F. The topological polar surface area (TPSA) is 26.0 Å². The van der Waals surface area contributed by atoms with Crippen LogP contribution in [0.4, 0.5) is 8.78 Å². The maximum Gasteiger partial charge on any atom is 0.139 e. The molecule has 0 bridgehead atoms. The van der Waals surface area contributed by atoms with Gasteiger partial charge in [0.05, 0.1) is 5.56 Å². The quantitative estimate of drug-likeness (QED) is 0.567. The molecule has 0 spiro atoms. The molecule has 2 N–H and O–H groups in total. The summed E-state index contributed by atoms with van der Waals surface area (Å²) in [5.41, 5.74) is 5.36. The molecular formula is C11H11F2N. The number of unbranched alkanes of at least 4 members (excludes halogenated alkanes) is 1. The largest absolute Gasteiger partial charge is 0.330 e. The molecular weight excluding hydrogens is 184 g/mol. The van der Waals surface area contributed by atoms with E-state index in [1.165, 1.54) is 0 Å². The smallest absolute Gasteiger partial charge is 0.139 e. The summed E-state index contributed by atoms with van der Waals surface area (Å²) >= 11 is 0. The Morgan fingerprint density at radius 3 is 2.79 bits per heavy atom. The Hall–Kier alpha value is -1.40. The molecule has 1 aromatic carbocycles. The van der Waals surface area contributed by atoms with E-state index >= 15 is 0 Å². The first-order valence-electron chi connectivity index (χ1n) is 4.38. The van der Waals surface area contributed by atoms with E-state index in [2.05, 4.69) is 11.8 Å². The van der Waals surface area contributed by atoms with Crippen molar-refractivity contribution in [2.45, 2.75) is 12.8 Å². The summed E-state index contributed by atoms with van der Waals surface area (Å²) < 4.78 is 25.7. The highest BCUT2D eigenvalue weighted by Gasteiger charge is 1.99. The minimum atomic E-state index is -0.494. The van der Waals surface area contributed by atoms with Gasteiger partial charge in [-0.2, -0.15) is 0 Å². The Kier molecular flexibility index (Phi) is 4.09. The molecule has 0 unspecified atom stereocenters. The van der Waals surface area contributed by atoms with Gasteiger partial charge in [-0.25, -0.2) is 8.78 Å². The molecule has 0 atom stereocenters. The van der Waals surface area contributed by atoms with Crippen LogP contribution in [0.25, 0.3) is 0 Å². The van der Waals surface area contributed by atoms with Crippen LogP contribution < -0.4 is 5.73 Å². The van der Waals surface area contributed by atoms with Crippen LogP contribution in [-0.4, -0.2) is 6.54 Å². The van der Waals surface area contributed by atoms with Crippen LogP contribution in [0.5, 0.6) is 0 Å². The lowest BCUT2D eigenvalue weighted by Gasteiger charge is -1.93. The summed E-state index contributed by atoms with van der Waals surface area (Å²) in [6.45, 7) is 0.556. The fourth-order valence-electron chi connectivity index (χ4n) is 0.941. The van der Waals surface area contributed by atoms with Crippen LogP contribution in [0, 0.1) is 23.5 Å². The molecule has 0 saturated carbocycles. The second kappa shape index (κ2) is 5.36. The second-order valence-electron chi connectivity index (χ2n) is 2.82. The van der Waals surface area contributed by atoms with Gasteiger partial charge in [-0.3, -0.25) is 0 Å². The van der Waals surface area contributed by atoms with Gasteiger partial charge >= 0.3 is 0 Å². The average molecular weight is 195 g/mol. The van der Waals surface area contributed by atoms with Crippen LogP contribution in [0.2, 0.25) is 0 Å². The molecule has 0 amide bonds. The lowest BCUT2D eigenvalue weighted by molar-refractivity contribution is 0.597. The van der Waals surface area contributed by atoms with Gasteiger partial charge in [0.1, 0.15) is 11.6 Å². The van der Waals surface area contributed by atoms with Gasteiger partial charge in [-0.15, -0.1) is 0 Å². The summed E-state index contributed by atoms with van der Waals surface area (Å²) in [6, 6.07) is 3.23. The fraction of sp³-hybridized carbons (Fsp3) is 0.273. The van der Waals surface area contributed by atoms with Crippen molar-refractivity contribution in [2.75, 3.05) is 6.54 Å². The van der Waals surface area contributed by atoms with E-state index in [-0.39, 0.29) is 5.56 Å². The molecule has 1 aromatic rings. The third-order valence-electron chi connectivity index (χ3n) is 1.66. The van der Waals surface area contributed by atoms with E-state index in [4.69, 9.17) is 5.73 Å². The van der Waals surface area contributed by atoms with Crippen molar-refractivity contribution in [1.82, 2.24) is 0 Å². The van der Waals surface area contributed by atoms with Crippen molar-refractivity contribution in [3.05, 3.63) is 35.4 Å². The van der Waals surface area contributed by atoms with Gasteiger partial charge < -0.3 is 5.73 Å². The number of rotatable bonds is 2. The highest BCUT2D eigenvalue weighted by atomic mass is 19.1. The third kappa shape index (κ3) is 3.15. The monoisotopic (exact) mass is 195 g/mol. The van der Waals surface area contributed by atoms with Gasteiger partial charge in [0, 0.05) is 6.42 Å². The molecule has 74 valence electrons. The third-order valence-corrected chi connectivity index (χ3v) is 1.66. The molecule has 0 aliphatic rings. The molecule has 0 aromatic heterocycles. The zero-order valence-corrected chi connectivity index (χ0v) is 7.69. The maximum absolute atomic E-state index is 13.0. The summed E-state index contributed by atoms with van der Waals surface area (Å²) in [7, 11) is 0. The van der Waals surface area contributed by atoms with Crippen molar-refractivity contribution in [1.29, 1.82) is 0 Å². The Balaban J connectivity index is 2.73. The molecule has 0 fully saturated rings. The lowest BCUT2D eigenvalue weighted by atomic mass is 10.2. The fourth-order valence-corrected chi connectivity index (χ4v) is 0.941. The average Bonchev–Trinajstić information content (AvgIpc) is 2.18. The first kappa shape index (κ1) is 10.7. The van der Waals surface area contributed by atoms with Crippen LogP contribution in [-0.2, 0) is 0 Å². The normalized spacial score (nSPS) is 9.36. The number of nitrogens with two attached hydrogens (primary N) is 1.